The molecule has 0 N–H and O–H groups in total. The molecule has 0 aliphatic carbocycles. The maximum atomic E-state index is 2.34. The molecule has 0 spiro atoms. The Bertz CT molecular complexity index is 337. The topological polar surface area (TPSA) is 0 Å². The van der Waals surface area contributed by atoms with E-state index in [1.165, 1.54) is 29.7 Å². The Balaban J connectivity index is 2.68. The van der Waals surface area contributed by atoms with Crippen LogP contribution in [0.5, 0.6) is 0 Å². The molecule has 0 nitrogen and oxygen atoms in total. The van der Waals surface area contributed by atoms with Crippen molar-refractivity contribution in [3.63, 3.8) is 0 Å². The quantitative estimate of drug-likeness (QED) is 0.406. The smallest absolute Gasteiger partial charge is 0.00720 e. The number of benzene rings is 1. The summed E-state index contributed by atoms with van der Waals surface area (Å²) in [6.45, 7) is 6.67. The first-order valence-electron chi connectivity index (χ1n) is 7.19. The van der Waals surface area contributed by atoms with Crippen molar-refractivity contribution in [2.45, 2.75) is 57.3 Å². The lowest BCUT2D eigenvalue weighted by Crippen LogP contribution is -1.97. The third-order valence-corrected chi connectivity index (χ3v) is 4.02. The number of thioether (sulfide) groups is 1. The van der Waals surface area contributed by atoms with Gasteiger partial charge in [-0.15, -0.1) is 11.8 Å². The van der Waals surface area contributed by atoms with E-state index >= 15 is 0 Å². The molecule has 1 atom stereocenters. The van der Waals surface area contributed by atoms with E-state index in [1.807, 2.05) is 11.8 Å². The molecule has 0 saturated carbocycles. The van der Waals surface area contributed by atoms with Gasteiger partial charge in [-0.05, 0) is 48.6 Å². The molecule has 0 aliphatic heterocycles. The normalized spacial score (nSPS) is 13.1. The molecule has 1 rings (SSSR count). The molecule has 0 bridgehead atoms. The van der Waals surface area contributed by atoms with Crippen LogP contribution < -0.4 is 0 Å². The zero-order chi connectivity index (χ0) is 13.2. The largest absolute Gasteiger partial charge is 0.126 e. The summed E-state index contributed by atoms with van der Waals surface area (Å²) in [6, 6.07) is 9.18. The van der Waals surface area contributed by atoms with Gasteiger partial charge in [0.15, 0.2) is 0 Å². The Morgan fingerprint density at radius 2 is 1.78 bits per heavy atom. The van der Waals surface area contributed by atoms with Crippen LogP contribution in [0, 0.1) is 0 Å². The molecule has 1 heteroatoms. The van der Waals surface area contributed by atoms with Crippen molar-refractivity contribution in [1.29, 1.82) is 0 Å². The Hall–Kier alpha value is -0.690. The second-order valence-corrected chi connectivity index (χ2v) is 5.94. The van der Waals surface area contributed by atoms with Crippen molar-refractivity contribution in [1.82, 2.24) is 0 Å². The van der Waals surface area contributed by atoms with Gasteiger partial charge in [0.1, 0.15) is 0 Å². The van der Waals surface area contributed by atoms with Gasteiger partial charge < -0.3 is 0 Å². The minimum atomic E-state index is 0.693. The van der Waals surface area contributed by atoms with Gasteiger partial charge in [-0.2, -0.15) is 0 Å². The van der Waals surface area contributed by atoms with Crippen molar-refractivity contribution in [3.8, 4) is 0 Å². The van der Waals surface area contributed by atoms with Crippen LogP contribution in [0.25, 0.3) is 0 Å². The summed E-state index contributed by atoms with van der Waals surface area (Å²) in [6.07, 6.45) is 9.50. The first-order valence-corrected chi connectivity index (χ1v) is 8.18. The molecule has 0 fully saturated rings. The summed E-state index contributed by atoms with van der Waals surface area (Å²) >= 11 is 1.92. The maximum Gasteiger partial charge on any atom is 0.00720 e. The minimum Gasteiger partial charge on any atom is -0.126 e. The number of hydrogen-bond acceptors (Lipinski definition) is 1. The molecule has 0 heterocycles. The second-order valence-electron chi connectivity index (χ2n) is 4.60. The predicted molar refractivity (Wildman–Crippen MR) is 84.5 cm³/mol. The summed E-state index contributed by atoms with van der Waals surface area (Å²) in [4.78, 5) is 1.39. The maximum absolute atomic E-state index is 2.34. The Kier molecular flexibility index (Phi) is 7.91. The molecule has 0 aliphatic rings. The lowest BCUT2D eigenvalue weighted by molar-refractivity contribution is 0.620. The first kappa shape index (κ1) is 15.4. The molecule has 1 aromatic carbocycles. The summed E-state index contributed by atoms with van der Waals surface area (Å²) in [5.41, 5.74) is 1.50. The molecule has 100 valence electrons. The molecule has 1 aromatic rings. The van der Waals surface area contributed by atoms with Gasteiger partial charge in [-0.1, -0.05) is 51.5 Å². The van der Waals surface area contributed by atoms with Crippen molar-refractivity contribution in [3.05, 3.63) is 42.0 Å². The van der Waals surface area contributed by atoms with Crippen LogP contribution in [-0.2, 0) is 0 Å². The third kappa shape index (κ3) is 5.30. The van der Waals surface area contributed by atoms with E-state index in [1.54, 1.807) is 0 Å². The lowest BCUT2D eigenvalue weighted by atomic mass is 9.91. The zero-order valence-electron chi connectivity index (χ0n) is 12.0. The summed E-state index contributed by atoms with van der Waals surface area (Å²) in [7, 11) is 0. The standard InChI is InChI=1S/C17H26S/c1-4-7-8-10-15(9-5-2)16-11-13-17(14-12-16)18-6-3/h7-8,11-15H,4-6,9-10H2,1-3H3/b8-7-. The third-order valence-electron chi connectivity index (χ3n) is 3.12. The predicted octanol–water partition coefficient (Wildman–Crippen LogP) is 6.04. The van der Waals surface area contributed by atoms with E-state index in [0.29, 0.717) is 5.92 Å². The van der Waals surface area contributed by atoms with Crippen molar-refractivity contribution in [2.24, 2.45) is 0 Å². The highest BCUT2D eigenvalue weighted by molar-refractivity contribution is 7.99. The highest BCUT2D eigenvalue weighted by Gasteiger charge is 2.08. The zero-order valence-corrected chi connectivity index (χ0v) is 12.8. The van der Waals surface area contributed by atoms with E-state index in [0.717, 1.165) is 12.2 Å². The van der Waals surface area contributed by atoms with Gasteiger partial charge in [0.2, 0.25) is 0 Å². The van der Waals surface area contributed by atoms with E-state index < -0.39 is 0 Å². The fourth-order valence-corrected chi connectivity index (χ4v) is 2.86. The van der Waals surface area contributed by atoms with Crippen LogP contribution in [0.1, 0.15) is 57.9 Å². The molecule has 0 aromatic heterocycles. The van der Waals surface area contributed by atoms with E-state index in [4.69, 9.17) is 0 Å². The Morgan fingerprint density at radius 1 is 1.06 bits per heavy atom. The van der Waals surface area contributed by atoms with Crippen molar-refractivity contribution >= 4 is 11.8 Å². The number of rotatable bonds is 8. The van der Waals surface area contributed by atoms with Crippen molar-refractivity contribution < 1.29 is 0 Å². The van der Waals surface area contributed by atoms with Gasteiger partial charge in [-0.25, -0.2) is 0 Å². The molecule has 18 heavy (non-hydrogen) atoms. The fraction of sp³-hybridized carbons (Fsp3) is 0.529. The fourth-order valence-electron chi connectivity index (χ4n) is 2.20. The lowest BCUT2D eigenvalue weighted by Gasteiger charge is -2.15. The van der Waals surface area contributed by atoms with Crippen LogP contribution in [0.4, 0.5) is 0 Å². The molecular formula is C17H26S. The number of hydrogen-bond donors (Lipinski definition) is 0. The van der Waals surface area contributed by atoms with Crippen LogP contribution in [0.3, 0.4) is 0 Å². The van der Waals surface area contributed by atoms with E-state index in [-0.39, 0.29) is 0 Å². The van der Waals surface area contributed by atoms with Gasteiger partial charge in [-0.3, -0.25) is 0 Å². The van der Waals surface area contributed by atoms with E-state index in [9.17, 15) is 0 Å². The Labute approximate surface area is 117 Å². The highest BCUT2D eigenvalue weighted by Crippen LogP contribution is 2.27. The van der Waals surface area contributed by atoms with Crippen LogP contribution in [0.15, 0.2) is 41.3 Å². The molecule has 0 amide bonds. The monoisotopic (exact) mass is 262 g/mol. The average Bonchev–Trinajstić information content (AvgIpc) is 2.39. The molecule has 0 saturated heterocycles. The first-order chi connectivity index (χ1) is 8.81. The average molecular weight is 262 g/mol. The van der Waals surface area contributed by atoms with E-state index in [2.05, 4.69) is 57.2 Å². The minimum absolute atomic E-state index is 0.693. The van der Waals surface area contributed by atoms with Crippen LogP contribution in [0.2, 0.25) is 0 Å². The molecule has 1 unspecified atom stereocenters. The van der Waals surface area contributed by atoms with Crippen LogP contribution >= 0.6 is 11.8 Å². The Morgan fingerprint density at radius 3 is 2.33 bits per heavy atom. The van der Waals surface area contributed by atoms with Gasteiger partial charge in [0.25, 0.3) is 0 Å². The van der Waals surface area contributed by atoms with Crippen molar-refractivity contribution in [2.75, 3.05) is 5.75 Å². The summed E-state index contributed by atoms with van der Waals surface area (Å²) in [5, 5.41) is 0. The van der Waals surface area contributed by atoms with Gasteiger partial charge >= 0.3 is 0 Å². The van der Waals surface area contributed by atoms with Gasteiger partial charge in [0.05, 0.1) is 0 Å². The molecular weight excluding hydrogens is 236 g/mol. The SMILES string of the molecule is CC/C=C\CC(CCC)c1ccc(SCC)cc1. The second kappa shape index (κ2) is 9.27. The molecule has 0 radical (unpaired) electrons. The number of allylic oxidation sites excluding steroid dienone is 2. The summed E-state index contributed by atoms with van der Waals surface area (Å²) in [5.74, 6) is 1.84. The van der Waals surface area contributed by atoms with Gasteiger partial charge in [0, 0.05) is 4.90 Å². The highest BCUT2D eigenvalue weighted by atomic mass is 32.2. The summed E-state index contributed by atoms with van der Waals surface area (Å²) < 4.78 is 0. The van der Waals surface area contributed by atoms with Crippen LogP contribution in [-0.4, -0.2) is 5.75 Å².